The second-order valence-electron chi connectivity index (χ2n) is 3.55. The van der Waals surface area contributed by atoms with Gasteiger partial charge in [0.1, 0.15) is 12.4 Å². The number of ether oxygens (including phenoxy) is 1. The Morgan fingerprint density at radius 2 is 2.35 bits per heavy atom. The van der Waals surface area contributed by atoms with Crippen LogP contribution in [0.4, 0.5) is 4.39 Å². The lowest BCUT2D eigenvalue weighted by Crippen LogP contribution is -1.98. The summed E-state index contributed by atoms with van der Waals surface area (Å²) < 4.78 is 20.0. The maximum Gasteiger partial charge on any atom is 0.157 e. The van der Waals surface area contributed by atoms with Crippen LogP contribution in [0.5, 0.6) is 5.75 Å². The smallest absolute Gasteiger partial charge is 0.157 e. The van der Waals surface area contributed by atoms with Gasteiger partial charge in [0.2, 0.25) is 0 Å². The minimum atomic E-state index is -0.381. The second-order valence-corrected chi connectivity index (χ2v) is 3.55. The summed E-state index contributed by atoms with van der Waals surface area (Å²) in [7, 11) is 1.77. The van der Waals surface area contributed by atoms with Crippen molar-refractivity contribution >= 4 is 0 Å². The fourth-order valence-electron chi connectivity index (χ4n) is 1.43. The van der Waals surface area contributed by atoms with Crippen molar-refractivity contribution in [2.75, 3.05) is 0 Å². The van der Waals surface area contributed by atoms with Gasteiger partial charge in [0.15, 0.2) is 5.75 Å². The lowest BCUT2D eigenvalue weighted by Gasteiger charge is -2.05. The predicted octanol–water partition coefficient (Wildman–Crippen LogP) is 2.01. The average Bonchev–Trinajstić information content (AvgIpc) is 2.73. The zero-order chi connectivity index (χ0) is 12.3. The molecule has 0 aliphatic heterocycles. The SMILES string of the molecule is Cn1cc(OCc2cc(F)ccc2C#N)cn1. The molecule has 4 nitrogen and oxygen atoms in total. The molecule has 0 saturated heterocycles. The Labute approximate surface area is 97.9 Å². The highest BCUT2D eigenvalue weighted by Crippen LogP contribution is 2.14. The van der Waals surface area contributed by atoms with E-state index in [1.165, 1.54) is 18.2 Å². The topological polar surface area (TPSA) is 50.8 Å². The Balaban J connectivity index is 2.13. The molecular weight excluding hydrogens is 221 g/mol. The van der Waals surface area contributed by atoms with Gasteiger partial charge in [0.05, 0.1) is 24.0 Å². The van der Waals surface area contributed by atoms with E-state index < -0.39 is 0 Å². The number of rotatable bonds is 3. The van der Waals surface area contributed by atoms with Crippen molar-refractivity contribution in [2.24, 2.45) is 7.05 Å². The maximum absolute atomic E-state index is 13.0. The van der Waals surface area contributed by atoms with Gasteiger partial charge in [-0.25, -0.2) is 4.39 Å². The number of nitrogens with zero attached hydrogens (tertiary/aromatic N) is 3. The van der Waals surface area contributed by atoms with Gasteiger partial charge in [-0.05, 0) is 18.2 Å². The molecule has 0 amide bonds. The lowest BCUT2D eigenvalue weighted by molar-refractivity contribution is 0.305. The van der Waals surface area contributed by atoms with E-state index in [2.05, 4.69) is 5.10 Å². The number of nitriles is 1. The number of halogens is 1. The second kappa shape index (κ2) is 4.66. The van der Waals surface area contributed by atoms with Crippen molar-refractivity contribution in [3.63, 3.8) is 0 Å². The van der Waals surface area contributed by atoms with E-state index in [0.717, 1.165) is 0 Å². The molecule has 17 heavy (non-hydrogen) atoms. The monoisotopic (exact) mass is 231 g/mol. The molecule has 0 radical (unpaired) electrons. The number of aromatic nitrogens is 2. The number of benzene rings is 1. The molecule has 0 fully saturated rings. The van der Waals surface area contributed by atoms with Crippen molar-refractivity contribution in [2.45, 2.75) is 6.61 Å². The molecule has 0 spiro atoms. The largest absolute Gasteiger partial charge is 0.486 e. The predicted molar refractivity (Wildman–Crippen MR) is 58.7 cm³/mol. The van der Waals surface area contributed by atoms with Gasteiger partial charge in [-0.15, -0.1) is 0 Å². The Morgan fingerprint density at radius 1 is 1.53 bits per heavy atom. The van der Waals surface area contributed by atoms with Crippen molar-refractivity contribution in [3.8, 4) is 11.8 Å². The molecule has 1 heterocycles. The highest BCUT2D eigenvalue weighted by molar-refractivity contribution is 5.37. The maximum atomic E-state index is 13.0. The summed E-state index contributed by atoms with van der Waals surface area (Å²) in [4.78, 5) is 0. The molecule has 2 aromatic rings. The van der Waals surface area contributed by atoms with Crippen molar-refractivity contribution < 1.29 is 9.13 Å². The first-order valence-electron chi connectivity index (χ1n) is 4.99. The molecule has 0 unspecified atom stereocenters. The van der Waals surface area contributed by atoms with Crippen LogP contribution < -0.4 is 4.74 Å². The molecule has 0 aliphatic carbocycles. The van der Waals surface area contributed by atoms with Crippen LogP contribution in [0.3, 0.4) is 0 Å². The molecule has 0 aliphatic rings. The fraction of sp³-hybridized carbons (Fsp3) is 0.167. The van der Waals surface area contributed by atoms with Gasteiger partial charge in [0.25, 0.3) is 0 Å². The number of hydrogen-bond acceptors (Lipinski definition) is 3. The van der Waals surface area contributed by atoms with Crippen molar-refractivity contribution in [1.29, 1.82) is 5.26 Å². The molecule has 0 N–H and O–H groups in total. The summed E-state index contributed by atoms with van der Waals surface area (Å²) >= 11 is 0. The van der Waals surface area contributed by atoms with E-state index in [-0.39, 0.29) is 12.4 Å². The van der Waals surface area contributed by atoms with Crippen LogP contribution in [0.25, 0.3) is 0 Å². The molecule has 2 rings (SSSR count). The van der Waals surface area contributed by atoms with Gasteiger partial charge in [-0.1, -0.05) is 0 Å². The van der Waals surface area contributed by atoms with Gasteiger partial charge in [0, 0.05) is 12.6 Å². The van der Waals surface area contributed by atoms with Crippen LogP contribution in [0.1, 0.15) is 11.1 Å². The number of aryl methyl sites for hydroxylation is 1. The third-order valence-corrected chi connectivity index (χ3v) is 2.26. The number of hydrogen-bond donors (Lipinski definition) is 0. The Kier molecular flexibility index (Phi) is 3.06. The van der Waals surface area contributed by atoms with Crippen LogP contribution in [0, 0.1) is 17.1 Å². The van der Waals surface area contributed by atoms with E-state index >= 15 is 0 Å². The summed E-state index contributed by atoms with van der Waals surface area (Å²) in [6.45, 7) is 0.145. The van der Waals surface area contributed by atoms with Crippen molar-refractivity contribution in [1.82, 2.24) is 9.78 Å². The average molecular weight is 231 g/mol. The minimum Gasteiger partial charge on any atom is -0.486 e. The molecule has 1 aromatic carbocycles. The third kappa shape index (κ3) is 2.61. The van der Waals surface area contributed by atoms with Crippen LogP contribution in [0.15, 0.2) is 30.6 Å². The Hall–Kier alpha value is -2.35. The van der Waals surface area contributed by atoms with E-state index in [1.54, 1.807) is 24.1 Å². The van der Waals surface area contributed by atoms with E-state index in [1.807, 2.05) is 6.07 Å². The van der Waals surface area contributed by atoms with E-state index in [4.69, 9.17) is 10.00 Å². The highest BCUT2D eigenvalue weighted by atomic mass is 19.1. The quantitative estimate of drug-likeness (QED) is 0.811. The van der Waals surface area contributed by atoms with Gasteiger partial charge in [-0.2, -0.15) is 10.4 Å². The molecule has 86 valence electrons. The Bertz CT molecular complexity index is 571. The first-order chi connectivity index (χ1) is 8.19. The van der Waals surface area contributed by atoms with Gasteiger partial charge < -0.3 is 4.74 Å². The first-order valence-corrected chi connectivity index (χ1v) is 4.99. The first kappa shape index (κ1) is 11.1. The molecule has 0 bridgehead atoms. The summed E-state index contributed by atoms with van der Waals surface area (Å²) in [6.07, 6.45) is 3.26. The van der Waals surface area contributed by atoms with Crippen LogP contribution in [-0.4, -0.2) is 9.78 Å². The molecule has 0 atom stereocenters. The van der Waals surface area contributed by atoms with E-state index in [0.29, 0.717) is 16.9 Å². The molecule has 5 heteroatoms. The van der Waals surface area contributed by atoms with Crippen LogP contribution in [0.2, 0.25) is 0 Å². The summed E-state index contributed by atoms with van der Waals surface area (Å²) in [5.41, 5.74) is 0.937. The third-order valence-electron chi connectivity index (χ3n) is 2.26. The van der Waals surface area contributed by atoms with Gasteiger partial charge in [-0.3, -0.25) is 4.68 Å². The molecule has 0 saturated carbocycles. The highest BCUT2D eigenvalue weighted by Gasteiger charge is 2.05. The van der Waals surface area contributed by atoms with E-state index in [9.17, 15) is 4.39 Å². The zero-order valence-electron chi connectivity index (χ0n) is 9.22. The summed E-state index contributed by atoms with van der Waals surface area (Å²) in [5, 5.41) is 12.8. The molecular formula is C12H10FN3O. The van der Waals surface area contributed by atoms with Crippen LogP contribution >= 0.6 is 0 Å². The standard InChI is InChI=1S/C12H10FN3O/c1-16-7-12(6-15-16)17-8-10-4-11(13)3-2-9(10)5-14/h2-4,6-7H,8H2,1H3. The zero-order valence-corrected chi connectivity index (χ0v) is 9.22. The van der Waals surface area contributed by atoms with Gasteiger partial charge >= 0.3 is 0 Å². The fourth-order valence-corrected chi connectivity index (χ4v) is 1.43. The lowest BCUT2D eigenvalue weighted by atomic mass is 10.1. The Morgan fingerprint density at radius 3 is 3.00 bits per heavy atom. The summed E-state index contributed by atoms with van der Waals surface area (Å²) in [6, 6.07) is 6.00. The van der Waals surface area contributed by atoms with Crippen molar-refractivity contribution in [3.05, 3.63) is 47.5 Å². The normalized spacial score (nSPS) is 9.94. The van der Waals surface area contributed by atoms with Crippen LogP contribution in [-0.2, 0) is 13.7 Å². The summed E-state index contributed by atoms with van der Waals surface area (Å²) in [5.74, 6) is 0.203. The minimum absolute atomic E-state index is 0.145. The molecule has 1 aromatic heterocycles.